The number of carbonyl (C=O) groups is 3. The molecule has 0 aromatic heterocycles. The fraction of sp³-hybridized carbons (Fsp3) is 0.211. The number of thioether (sulfide) groups is 1. The summed E-state index contributed by atoms with van der Waals surface area (Å²) in [7, 11) is 0. The van der Waals surface area contributed by atoms with Gasteiger partial charge < -0.3 is 16.4 Å². The van der Waals surface area contributed by atoms with Gasteiger partial charge in [0.2, 0.25) is 17.7 Å². The molecule has 26 heavy (non-hydrogen) atoms. The maximum Gasteiger partial charge on any atom is 0.248 e. The molecule has 0 atom stereocenters. The highest BCUT2D eigenvalue weighted by Gasteiger charge is 2.08. The highest BCUT2D eigenvalue weighted by molar-refractivity contribution is 8.00. The molecule has 0 unspecified atom stereocenters. The number of rotatable bonds is 7. The molecule has 6 nitrogen and oxygen atoms in total. The maximum absolute atomic E-state index is 12.0. The molecule has 4 N–H and O–H groups in total. The Morgan fingerprint density at radius 3 is 2.12 bits per heavy atom. The number of primary amides is 1. The molecule has 0 fully saturated rings. The van der Waals surface area contributed by atoms with Crippen molar-refractivity contribution in [1.82, 2.24) is 0 Å². The highest BCUT2D eigenvalue weighted by atomic mass is 32.2. The topological polar surface area (TPSA) is 101 Å². The van der Waals surface area contributed by atoms with Crippen LogP contribution in [0.4, 0.5) is 11.4 Å². The molecule has 2 rings (SSSR count). The third-order valence-corrected chi connectivity index (χ3v) is 4.51. The summed E-state index contributed by atoms with van der Waals surface area (Å²) in [6.07, 6.45) is 0. The third kappa shape index (κ3) is 5.93. The number of aryl methyl sites for hydroxylation is 2. The van der Waals surface area contributed by atoms with E-state index in [9.17, 15) is 14.4 Å². The highest BCUT2D eigenvalue weighted by Crippen LogP contribution is 2.16. The SMILES string of the molecule is Cc1ccc(NC(=O)CSCC(=O)Nc2ccc(C(N)=O)cc2)c(C)c1. The quantitative estimate of drug-likeness (QED) is 0.696. The van der Waals surface area contributed by atoms with E-state index < -0.39 is 5.91 Å². The lowest BCUT2D eigenvalue weighted by Gasteiger charge is -2.09. The molecular formula is C19H21N3O3S. The normalized spacial score (nSPS) is 10.2. The van der Waals surface area contributed by atoms with Crippen molar-refractivity contribution in [2.75, 3.05) is 22.1 Å². The Bertz CT molecular complexity index is 819. The van der Waals surface area contributed by atoms with Crippen LogP contribution < -0.4 is 16.4 Å². The van der Waals surface area contributed by atoms with Gasteiger partial charge in [0.1, 0.15) is 0 Å². The first-order chi connectivity index (χ1) is 12.3. The standard InChI is InChI=1S/C19H21N3O3S/c1-12-3-8-16(13(2)9-12)22-18(24)11-26-10-17(23)21-15-6-4-14(5-7-15)19(20)25/h3-9H,10-11H2,1-2H3,(H2,20,25)(H,21,23)(H,22,24). The summed E-state index contributed by atoms with van der Waals surface area (Å²) < 4.78 is 0. The Morgan fingerprint density at radius 1 is 0.923 bits per heavy atom. The number of anilines is 2. The molecule has 2 aromatic carbocycles. The number of benzene rings is 2. The van der Waals surface area contributed by atoms with Crippen molar-refractivity contribution in [3.05, 3.63) is 59.2 Å². The van der Waals surface area contributed by atoms with E-state index >= 15 is 0 Å². The molecule has 136 valence electrons. The lowest BCUT2D eigenvalue weighted by molar-refractivity contribution is -0.114. The molecule has 0 heterocycles. The number of amides is 3. The first-order valence-electron chi connectivity index (χ1n) is 7.99. The largest absolute Gasteiger partial charge is 0.366 e. The van der Waals surface area contributed by atoms with Gasteiger partial charge in [-0.1, -0.05) is 17.7 Å². The van der Waals surface area contributed by atoms with E-state index in [0.29, 0.717) is 11.3 Å². The number of nitrogens with two attached hydrogens (primary N) is 1. The van der Waals surface area contributed by atoms with Crippen LogP contribution in [0.2, 0.25) is 0 Å². The second-order valence-corrected chi connectivity index (χ2v) is 6.83. The molecule has 7 heteroatoms. The van der Waals surface area contributed by atoms with Gasteiger partial charge in [-0.3, -0.25) is 14.4 Å². The zero-order valence-corrected chi connectivity index (χ0v) is 15.5. The van der Waals surface area contributed by atoms with Gasteiger partial charge in [-0.05, 0) is 49.7 Å². The van der Waals surface area contributed by atoms with Crippen LogP contribution in [0.5, 0.6) is 0 Å². The summed E-state index contributed by atoms with van der Waals surface area (Å²) >= 11 is 1.23. The Morgan fingerprint density at radius 2 is 1.54 bits per heavy atom. The van der Waals surface area contributed by atoms with Gasteiger partial charge in [0, 0.05) is 16.9 Å². The van der Waals surface area contributed by atoms with Crippen LogP contribution in [0.3, 0.4) is 0 Å². The zero-order chi connectivity index (χ0) is 19.1. The van der Waals surface area contributed by atoms with Crippen molar-refractivity contribution in [2.45, 2.75) is 13.8 Å². The van der Waals surface area contributed by atoms with Crippen LogP contribution >= 0.6 is 11.8 Å². The fourth-order valence-electron chi connectivity index (χ4n) is 2.29. The van der Waals surface area contributed by atoms with Crippen LogP contribution in [-0.2, 0) is 9.59 Å². The Kier molecular flexibility index (Phi) is 6.80. The average Bonchev–Trinajstić information content (AvgIpc) is 2.58. The second-order valence-electron chi connectivity index (χ2n) is 5.85. The van der Waals surface area contributed by atoms with Gasteiger partial charge >= 0.3 is 0 Å². The van der Waals surface area contributed by atoms with Crippen LogP contribution in [-0.4, -0.2) is 29.2 Å². The lowest BCUT2D eigenvalue weighted by Crippen LogP contribution is -2.19. The van der Waals surface area contributed by atoms with E-state index in [0.717, 1.165) is 16.8 Å². The Balaban J connectivity index is 1.75. The molecule has 0 bridgehead atoms. The number of nitrogens with one attached hydrogen (secondary N) is 2. The molecule has 0 saturated heterocycles. The minimum atomic E-state index is -0.520. The summed E-state index contributed by atoms with van der Waals surface area (Å²) in [4.78, 5) is 34.9. The molecule has 0 aliphatic rings. The zero-order valence-electron chi connectivity index (χ0n) is 14.7. The van der Waals surface area contributed by atoms with E-state index in [1.165, 1.54) is 11.8 Å². The van der Waals surface area contributed by atoms with E-state index in [2.05, 4.69) is 10.6 Å². The van der Waals surface area contributed by atoms with E-state index in [-0.39, 0.29) is 23.3 Å². The van der Waals surface area contributed by atoms with Gasteiger partial charge in [0.15, 0.2) is 0 Å². The molecule has 3 amide bonds. The molecule has 0 aliphatic carbocycles. The number of hydrogen-bond donors (Lipinski definition) is 3. The molecule has 0 radical (unpaired) electrons. The van der Waals surface area contributed by atoms with Gasteiger partial charge in [0.25, 0.3) is 0 Å². The van der Waals surface area contributed by atoms with Crippen LogP contribution in [0, 0.1) is 13.8 Å². The lowest BCUT2D eigenvalue weighted by atomic mass is 10.1. The molecule has 0 spiro atoms. The van der Waals surface area contributed by atoms with Crippen LogP contribution in [0.1, 0.15) is 21.5 Å². The minimum Gasteiger partial charge on any atom is -0.366 e. The summed E-state index contributed by atoms with van der Waals surface area (Å²) in [5.74, 6) is -0.561. The smallest absolute Gasteiger partial charge is 0.248 e. The summed E-state index contributed by atoms with van der Waals surface area (Å²) in [6, 6.07) is 12.1. The van der Waals surface area contributed by atoms with Gasteiger partial charge in [-0.2, -0.15) is 0 Å². The van der Waals surface area contributed by atoms with Crippen molar-refractivity contribution in [3.63, 3.8) is 0 Å². The summed E-state index contributed by atoms with van der Waals surface area (Å²) in [6.45, 7) is 3.93. The van der Waals surface area contributed by atoms with Gasteiger partial charge in [0.05, 0.1) is 11.5 Å². The minimum absolute atomic E-state index is 0.151. The maximum atomic E-state index is 12.0. The first-order valence-corrected chi connectivity index (χ1v) is 9.15. The fourth-order valence-corrected chi connectivity index (χ4v) is 2.91. The second kappa shape index (κ2) is 9.05. The Hall–Kier alpha value is -2.80. The molecular weight excluding hydrogens is 350 g/mol. The monoisotopic (exact) mass is 371 g/mol. The van der Waals surface area contributed by atoms with Gasteiger partial charge in [-0.15, -0.1) is 11.8 Å². The van der Waals surface area contributed by atoms with E-state index in [4.69, 9.17) is 5.73 Å². The average molecular weight is 371 g/mol. The van der Waals surface area contributed by atoms with Crippen molar-refractivity contribution in [3.8, 4) is 0 Å². The van der Waals surface area contributed by atoms with E-state index in [1.54, 1.807) is 24.3 Å². The molecule has 2 aromatic rings. The molecule has 0 saturated carbocycles. The van der Waals surface area contributed by atoms with Crippen molar-refractivity contribution in [1.29, 1.82) is 0 Å². The van der Waals surface area contributed by atoms with Crippen LogP contribution in [0.15, 0.2) is 42.5 Å². The first kappa shape index (κ1) is 19.5. The van der Waals surface area contributed by atoms with Gasteiger partial charge in [-0.25, -0.2) is 0 Å². The summed E-state index contributed by atoms with van der Waals surface area (Å²) in [5.41, 5.74) is 9.02. The van der Waals surface area contributed by atoms with E-state index in [1.807, 2.05) is 32.0 Å². The molecule has 0 aliphatic heterocycles. The number of carbonyl (C=O) groups excluding carboxylic acids is 3. The van der Waals surface area contributed by atoms with Crippen LogP contribution in [0.25, 0.3) is 0 Å². The summed E-state index contributed by atoms with van der Waals surface area (Å²) in [5, 5.41) is 5.55. The third-order valence-electron chi connectivity index (χ3n) is 3.58. The number of hydrogen-bond acceptors (Lipinski definition) is 4. The van der Waals surface area contributed by atoms with Crippen molar-refractivity contribution < 1.29 is 14.4 Å². The predicted molar refractivity (Wildman–Crippen MR) is 105 cm³/mol. The van der Waals surface area contributed by atoms with Crippen molar-refractivity contribution in [2.24, 2.45) is 5.73 Å². The predicted octanol–water partition coefficient (Wildman–Crippen LogP) is 2.71. The van der Waals surface area contributed by atoms with Crippen molar-refractivity contribution >= 4 is 40.9 Å². The Labute approximate surface area is 156 Å².